The van der Waals surface area contributed by atoms with Crippen LogP contribution in [0, 0.1) is 0 Å². The van der Waals surface area contributed by atoms with Crippen LogP contribution in [0.3, 0.4) is 0 Å². The minimum absolute atomic E-state index is 1.21. The Kier molecular flexibility index (Phi) is 12.4. The van der Waals surface area contributed by atoms with Crippen LogP contribution in [0.25, 0.3) is 40.7 Å². The Hall–Kier alpha value is -2.16. The van der Waals surface area contributed by atoms with Crippen molar-refractivity contribution in [1.82, 2.24) is 0 Å². The van der Waals surface area contributed by atoms with Crippen molar-refractivity contribution in [3.05, 3.63) is 71.8 Å². The lowest BCUT2D eigenvalue weighted by Crippen LogP contribution is -1.87. The number of hydrogen-bond donors (Lipinski definition) is 0. The summed E-state index contributed by atoms with van der Waals surface area (Å²) in [5.74, 6) is 0. The highest BCUT2D eigenvalue weighted by Crippen LogP contribution is 2.45. The van der Waals surface area contributed by atoms with Gasteiger partial charge in [0.25, 0.3) is 0 Å². The Labute approximate surface area is 263 Å². The molecule has 5 aromatic rings. The third-order valence-electron chi connectivity index (χ3n) is 9.07. The van der Waals surface area contributed by atoms with Crippen LogP contribution < -0.4 is 0 Å². The average molecular weight is 597 g/mol. The number of fused-ring (bicyclic) bond motifs is 5. The smallest absolute Gasteiger partial charge is 0.0542 e. The molecule has 0 aliphatic carbocycles. The minimum Gasteiger partial charge on any atom is -0.134 e. The van der Waals surface area contributed by atoms with Gasteiger partial charge in [-0.15, -0.1) is 22.7 Å². The molecular formula is C40H52S2. The fourth-order valence-corrected chi connectivity index (χ4v) is 9.18. The van der Waals surface area contributed by atoms with E-state index in [2.05, 4.69) is 74.5 Å². The molecule has 0 atom stereocenters. The van der Waals surface area contributed by atoms with Gasteiger partial charge in [-0.05, 0) is 60.1 Å². The molecule has 0 fully saturated rings. The molecule has 0 saturated carbocycles. The summed E-state index contributed by atoms with van der Waals surface area (Å²) in [6, 6.07) is 23.7. The summed E-state index contributed by atoms with van der Waals surface area (Å²) in [5.41, 5.74) is 5.67. The molecule has 2 heteroatoms. The first kappa shape index (κ1) is 31.3. The van der Waals surface area contributed by atoms with E-state index in [1.165, 1.54) is 167 Å². The number of hydrogen-bond acceptors (Lipinski definition) is 2. The molecule has 0 unspecified atom stereocenters. The van der Waals surface area contributed by atoms with E-state index in [4.69, 9.17) is 0 Å². The Morgan fingerprint density at radius 1 is 0.405 bits per heavy atom. The van der Waals surface area contributed by atoms with Gasteiger partial charge < -0.3 is 0 Å². The second-order valence-corrected chi connectivity index (χ2v) is 14.7. The van der Waals surface area contributed by atoms with Gasteiger partial charge in [-0.1, -0.05) is 152 Å². The molecule has 2 aromatic heterocycles. The largest absolute Gasteiger partial charge is 0.134 e. The molecule has 0 bridgehead atoms. The van der Waals surface area contributed by atoms with Crippen molar-refractivity contribution in [3.63, 3.8) is 0 Å². The lowest BCUT2D eigenvalue weighted by Gasteiger charge is -2.06. The molecule has 0 aliphatic heterocycles. The molecule has 0 radical (unpaired) electrons. The highest BCUT2D eigenvalue weighted by molar-refractivity contribution is 7.36. The molecule has 0 aliphatic rings. The highest BCUT2D eigenvalue weighted by atomic mass is 32.1. The van der Waals surface area contributed by atoms with E-state index >= 15 is 0 Å². The Morgan fingerprint density at radius 3 is 1.40 bits per heavy atom. The first-order valence-electron chi connectivity index (χ1n) is 17.2. The lowest BCUT2D eigenvalue weighted by atomic mass is 10.0. The van der Waals surface area contributed by atoms with E-state index in [1.54, 1.807) is 0 Å². The maximum Gasteiger partial charge on any atom is 0.0542 e. The van der Waals surface area contributed by atoms with Crippen LogP contribution in [-0.4, -0.2) is 0 Å². The van der Waals surface area contributed by atoms with Crippen LogP contribution in [-0.2, 0) is 12.8 Å². The molecule has 0 amide bonds. The zero-order valence-electron chi connectivity index (χ0n) is 26.3. The predicted molar refractivity (Wildman–Crippen MR) is 193 cm³/mol. The molecule has 224 valence electrons. The van der Waals surface area contributed by atoms with Gasteiger partial charge in [-0.3, -0.25) is 0 Å². The second kappa shape index (κ2) is 16.6. The summed E-state index contributed by atoms with van der Waals surface area (Å²) < 4.78 is 5.83. The highest BCUT2D eigenvalue weighted by Gasteiger charge is 2.13. The number of thiophene rings is 2. The molecule has 3 aromatic carbocycles. The van der Waals surface area contributed by atoms with Gasteiger partial charge in [0.2, 0.25) is 0 Å². The molecule has 42 heavy (non-hydrogen) atoms. The number of benzene rings is 3. The molecular weight excluding hydrogens is 545 g/mol. The first-order valence-corrected chi connectivity index (χ1v) is 18.9. The Morgan fingerprint density at radius 2 is 0.833 bits per heavy atom. The van der Waals surface area contributed by atoms with Gasteiger partial charge in [0.1, 0.15) is 0 Å². The van der Waals surface area contributed by atoms with E-state index in [0.717, 1.165) is 0 Å². The summed E-state index contributed by atoms with van der Waals surface area (Å²) in [6.07, 6.45) is 24.7. The normalized spacial score (nSPS) is 11.9. The van der Waals surface area contributed by atoms with Crippen LogP contribution in [0.1, 0.15) is 128 Å². The van der Waals surface area contributed by atoms with Crippen molar-refractivity contribution in [2.24, 2.45) is 0 Å². The summed E-state index contributed by atoms with van der Waals surface area (Å²) in [4.78, 5) is 0. The maximum absolute atomic E-state index is 2.48. The molecule has 5 rings (SSSR count). The van der Waals surface area contributed by atoms with Gasteiger partial charge in [0.15, 0.2) is 0 Å². The van der Waals surface area contributed by atoms with Crippen LogP contribution >= 0.6 is 22.7 Å². The summed E-state index contributed by atoms with van der Waals surface area (Å²) in [7, 11) is 0. The van der Waals surface area contributed by atoms with E-state index in [-0.39, 0.29) is 0 Å². The standard InChI is InChI=1S/C40H52S2/c1-3-5-7-9-11-12-13-14-16-18-20-32-23-27-35-37(29-32)41-40-36-28-26-34(30-38(36)42-39(35)40)33-24-21-31(22-25-33)19-17-15-10-8-6-4-2/h21-30H,3-20H2,1-2H3. The SMILES string of the molecule is CCCCCCCCCCCCc1ccc2c(c1)sc1c3ccc(-c4ccc(CCCCCCCC)cc4)cc3sc21. The maximum atomic E-state index is 2.48. The molecule has 0 saturated heterocycles. The van der Waals surface area contributed by atoms with Crippen molar-refractivity contribution in [1.29, 1.82) is 0 Å². The van der Waals surface area contributed by atoms with E-state index in [0.29, 0.717) is 0 Å². The quantitative estimate of drug-likeness (QED) is 0.0832. The third kappa shape index (κ3) is 8.48. The predicted octanol–water partition coefficient (Wildman–Crippen LogP) is 14.3. The van der Waals surface area contributed by atoms with Gasteiger partial charge in [0.05, 0.1) is 9.40 Å². The molecule has 0 nitrogen and oxygen atoms in total. The minimum atomic E-state index is 1.21. The van der Waals surface area contributed by atoms with E-state index in [1.807, 2.05) is 22.7 Å². The van der Waals surface area contributed by atoms with Crippen molar-refractivity contribution in [2.75, 3.05) is 0 Å². The average Bonchev–Trinajstić information content (AvgIpc) is 3.55. The number of unbranched alkanes of at least 4 members (excludes halogenated alkanes) is 14. The fourth-order valence-electron chi connectivity index (χ4n) is 6.43. The fraction of sp³-hybridized carbons (Fsp3) is 0.500. The van der Waals surface area contributed by atoms with Crippen molar-refractivity contribution >= 4 is 52.2 Å². The number of rotatable bonds is 19. The Bertz CT molecular complexity index is 1500. The monoisotopic (exact) mass is 596 g/mol. The summed E-state index contributed by atoms with van der Waals surface area (Å²) >= 11 is 3.98. The van der Waals surface area contributed by atoms with E-state index in [9.17, 15) is 0 Å². The van der Waals surface area contributed by atoms with Crippen LogP contribution in [0.4, 0.5) is 0 Å². The second-order valence-electron chi connectivity index (χ2n) is 12.6. The third-order valence-corrected chi connectivity index (χ3v) is 11.6. The first-order chi connectivity index (χ1) is 20.8. The lowest BCUT2D eigenvalue weighted by molar-refractivity contribution is 0.556. The van der Waals surface area contributed by atoms with Crippen LogP contribution in [0.15, 0.2) is 60.7 Å². The molecule has 0 spiro atoms. The van der Waals surface area contributed by atoms with Crippen LogP contribution in [0.5, 0.6) is 0 Å². The summed E-state index contributed by atoms with van der Waals surface area (Å²) in [5, 5.41) is 2.87. The number of aryl methyl sites for hydroxylation is 2. The Balaban J connectivity index is 1.15. The topological polar surface area (TPSA) is 0 Å². The molecule has 2 heterocycles. The van der Waals surface area contributed by atoms with Crippen molar-refractivity contribution in [3.8, 4) is 11.1 Å². The van der Waals surface area contributed by atoms with E-state index < -0.39 is 0 Å². The van der Waals surface area contributed by atoms with Crippen LogP contribution in [0.2, 0.25) is 0 Å². The van der Waals surface area contributed by atoms with Gasteiger partial charge >= 0.3 is 0 Å². The van der Waals surface area contributed by atoms with Crippen molar-refractivity contribution in [2.45, 2.75) is 129 Å². The van der Waals surface area contributed by atoms with Crippen molar-refractivity contribution < 1.29 is 0 Å². The summed E-state index contributed by atoms with van der Waals surface area (Å²) in [6.45, 7) is 4.59. The zero-order valence-corrected chi connectivity index (χ0v) is 28.0. The zero-order chi connectivity index (χ0) is 29.0. The van der Waals surface area contributed by atoms with Gasteiger partial charge in [0, 0.05) is 20.2 Å². The molecule has 0 N–H and O–H groups in total. The van der Waals surface area contributed by atoms with Gasteiger partial charge in [-0.2, -0.15) is 0 Å². The van der Waals surface area contributed by atoms with Gasteiger partial charge in [-0.25, -0.2) is 0 Å².